The molecule has 0 saturated heterocycles. The molecular formula is C21H28N2S. The molecule has 0 radical (unpaired) electrons. The molecule has 0 aliphatic rings. The van der Waals surface area contributed by atoms with Gasteiger partial charge in [-0.05, 0) is 73.2 Å². The van der Waals surface area contributed by atoms with Crippen LogP contribution in [-0.4, -0.2) is 5.75 Å². The standard InChI is InChI=1S/C21H28N2S/c1-2-3-7-18-9-13-20(14-10-18)22-23-21-15-11-19(12-16-21)8-5-4-6-17-24/h9-16,24H,2-8,17H2,1H3. The Morgan fingerprint density at radius 1 is 0.667 bits per heavy atom. The Hall–Kier alpha value is -1.61. The fourth-order valence-electron chi connectivity index (χ4n) is 2.57. The number of benzene rings is 2. The molecule has 0 unspecified atom stereocenters. The molecule has 2 nitrogen and oxygen atoms in total. The lowest BCUT2D eigenvalue weighted by Gasteiger charge is -2.02. The highest BCUT2D eigenvalue weighted by Crippen LogP contribution is 2.20. The van der Waals surface area contributed by atoms with Crippen molar-refractivity contribution in [2.24, 2.45) is 10.2 Å². The Labute approximate surface area is 151 Å². The first-order valence-electron chi connectivity index (χ1n) is 9.02. The maximum Gasteiger partial charge on any atom is 0.0857 e. The minimum absolute atomic E-state index is 0.907. The molecule has 0 fully saturated rings. The first-order chi connectivity index (χ1) is 11.8. The molecule has 0 atom stereocenters. The van der Waals surface area contributed by atoms with Crippen LogP contribution in [0.2, 0.25) is 0 Å². The average molecular weight is 341 g/mol. The van der Waals surface area contributed by atoms with Gasteiger partial charge in [-0.3, -0.25) is 0 Å². The molecule has 2 rings (SSSR count). The fourth-order valence-corrected chi connectivity index (χ4v) is 2.80. The number of hydrogen-bond acceptors (Lipinski definition) is 3. The van der Waals surface area contributed by atoms with Gasteiger partial charge in [0.25, 0.3) is 0 Å². The van der Waals surface area contributed by atoms with Gasteiger partial charge in [-0.15, -0.1) is 0 Å². The van der Waals surface area contributed by atoms with Crippen LogP contribution in [0.5, 0.6) is 0 Å². The molecular weight excluding hydrogens is 312 g/mol. The van der Waals surface area contributed by atoms with Crippen LogP contribution in [0.3, 0.4) is 0 Å². The van der Waals surface area contributed by atoms with E-state index in [1.165, 1.54) is 43.2 Å². The third-order valence-electron chi connectivity index (χ3n) is 4.10. The van der Waals surface area contributed by atoms with E-state index in [9.17, 15) is 0 Å². The smallest absolute Gasteiger partial charge is 0.0857 e. The van der Waals surface area contributed by atoms with Crippen molar-refractivity contribution in [2.45, 2.75) is 51.9 Å². The second-order valence-corrected chi connectivity index (χ2v) is 6.62. The summed E-state index contributed by atoms with van der Waals surface area (Å²) in [6, 6.07) is 16.8. The van der Waals surface area contributed by atoms with Gasteiger partial charge in [0.1, 0.15) is 0 Å². The summed E-state index contributed by atoms with van der Waals surface area (Å²) in [6.45, 7) is 2.22. The highest BCUT2D eigenvalue weighted by atomic mass is 32.1. The summed E-state index contributed by atoms with van der Waals surface area (Å²) < 4.78 is 0. The molecule has 0 aliphatic heterocycles. The Morgan fingerprint density at radius 3 is 1.62 bits per heavy atom. The summed E-state index contributed by atoms with van der Waals surface area (Å²) in [5.41, 5.74) is 4.56. The second kappa shape index (κ2) is 11.0. The number of aryl methyl sites for hydroxylation is 2. The monoisotopic (exact) mass is 340 g/mol. The van der Waals surface area contributed by atoms with Crippen LogP contribution in [-0.2, 0) is 12.8 Å². The van der Waals surface area contributed by atoms with Crippen molar-refractivity contribution >= 4 is 24.0 Å². The maximum absolute atomic E-state index is 4.33. The van der Waals surface area contributed by atoms with E-state index in [4.69, 9.17) is 0 Å². The summed E-state index contributed by atoms with van der Waals surface area (Å²) in [4.78, 5) is 0. The minimum Gasteiger partial charge on any atom is -0.179 e. The van der Waals surface area contributed by atoms with E-state index in [1.807, 2.05) is 24.3 Å². The van der Waals surface area contributed by atoms with E-state index in [-0.39, 0.29) is 0 Å². The SMILES string of the molecule is CCCCc1ccc(N=Nc2ccc(CCCCCS)cc2)cc1. The lowest BCUT2D eigenvalue weighted by molar-refractivity contribution is 0.723. The van der Waals surface area contributed by atoms with Gasteiger partial charge in [-0.2, -0.15) is 22.9 Å². The van der Waals surface area contributed by atoms with E-state index in [2.05, 4.69) is 54.0 Å². The molecule has 24 heavy (non-hydrogen) atoms. The van der Waals surface area contributed by atoms with Crippen LogP contribution >= 0.6 is 12.6 Å². The van der Waals surface area contributed by atoms with Crippen molar-refractivity contribution in [2.75, 3.05) is 5.75 Å². The molecule has 0 N–H and O–H groups in total. The molecule has 0 spiro atoms. The molecule has 3 heteroatoms. The number of thiol groups is 1. The Kier molecular flexibility index (Phi) is 8.61. The second-order valence-electron chi connectivity index (χ2n) is 6.17. The Morgan fingerprint density at radius 2 is 1.17 bits per heavy atom. The number of azo groups is 1. The van der Waals surface area contributed by atoms with Gasteiger partial charge in [-0.1, -0.05) is 44.0 Å². The number of unbranched alkanes of at least 4 members (excludes halogenated alkanes) is 3. The molecule has 0 saturated carbocycles. The van der Waals surface area contributed by atoms with Crippen molar-refractivity contribution < 1.29 is 0 Å². The van der Waals surface area contributed by atoms with Gasteiger partial charge in [0.2, 0.25) is 0 Å². The van der Waals surface area contributed by atoms with Crippen molar-refractivity contribution in [3.05, 3.63) is 59.7 Å². The van der Waals surface area contributed by atoms with Crippen LogP contribution in [0.1, 0.15) is 50.2 Å². The average Bonchev–Trinajstić information content (AvgIpc) is 2.64. The predicted molar refractivity (Wildman–Crippen MR) is 107 cm³/mol. The lowest BCUT2D eigenvalue weighted by atomic mass is 10.1. The predicted octanol–water partition coefficient (Wildman–Crippen LogP) is 7.09. The zero-order valence-corrected chi connectivity index (χ0v) is 15.5. The van der Waals surface area contributed by atoms with E-state index in [0.717, 1.165) is 30.0 Å². The number of rotatable bonds is 10. The number of hydrogen-bond donors (Lipinski definition) is 1. The number of nitrogens with zero attached hydrogens (tertiary/aromatic N) is 2. The first-order valence-corrected chi connectivity index (χ1v) is 9.65. The van der Waals surface area contributed by atoms with Gasteiger partial charge >= 0.3 is 0 Å². The van der Waals surface area contributed by atoms with Gasteiger partial charge in [0, 0.05) is 0 Å². The highest BCUT2D eigenvalue weighted by Gasteiger charge is 1.96. The van der Waals surface area contributed by atoms with Gasteiger partial charge in [-0.25, -0.2) is 0 Å². The first kappa shape index (κ1) is 18.7. The maximum atomic E-state index is 4.33. The summed E-state index contributed by atoms with van der Waals surface area (Å²) >= 11 is 4.25. The minimum atomic E-state index is 0.907. The molecule has 0 amide bonds. The van der Waals surface area contributed by atoms with Crippen LogP contribution in [0.4, 0.5) is 11.4 Å². The van der Waals surface area contributed by atoms with Crippen molar-refractivity contribution in [3.8, 4) is 0 Å². The summed E-state index contributed by atoms with van der Waals surface area (Å²) in [5, 5.41) is 8.66. The summed E-state index contributed by atoms with van der Waals surface area (Å²) in [7, 11) is 0. The molecule has 0 heterocycles. The van der Waals surface area contributed by atoms with Gasteiger partial charge in [0.15, 0.2) is 0 Å². The van der Waals surface area contributed by atoms with E-state index < -0.39 is 0 Å². The molecule has 0 aliphatic carbocycles. The highest BCUT2D eigenvalue weighted by molar-refractivity contribution is 7.80. The quantitative estimate of drug-likeness (QED) is 0.271. The molecule has 0 aromatic heterocycles. The van der Waals surface area contributed by atoms with Crippen molar-refractivity contribution in [1.82, 2.24) is 0 Å². The van der Waals surface area contributed by atoms with Crippen LogP contribution in [0.25, 0.3) is 0 Å². The molecule has 2 aromatic rings. The van der Waals surface area contributed by atoms with Crippen LogP contribution in [0, 0.1) is 0 Å². The van der Waals surface area contributed by atoms with Crippen LogP contribution < -0.4 is 0 Å². The van der Waals surface area contributed by atoms with E-state index >= 15 is 0 Å². The van der Waals surface area contributed by atoms with Gasteiger partial charge in [0.05, 0.1) is 11.4 Å². The van der Waals surface area contributed by atoms with Crippen LogP contribution in [0.15, 0.2) is 58.8 Å². The fraction of sp³-hybridized carbons (Fsp3) is 0.429. The zero-order chi connectivity index (χ0) is 17.0. The lowest BCUT2D eigenvalue weighted by Crippen LogP contribution is -1.85. The Balaban J connectivity index is 1.85. The zero-order valence-electron chi connectivity index (χ0n) is 14.6. The Bertz CT molecular complexity index is 603. The largest absolute Gasteiger partial charge is 0.179 e. The van der Waals surface area contributed by atoms with Crippen molar-refractivity contribution in [1.29, 1.82) is 0 Å². The van der Waals surface area contributed by atoms with E-state index in [1.54, 1.807) is 0 Å². The van der Waals surface area contributed by atoms with Crippen molar-refractivity contribution in [3.63, 3.8) is 0 Å². The topological polar surface area (TPSA) is 24.7 Å². The summed E-state index contributed by atoms with van der Waals surface area (Å²) in [6.07, 6.45) is 8.42. The van der Waals surface area contributed by atoms with E-state index in [0.29, 0.717) is 0 Å². The molecule has 2 aromatic carbocycles. The van der Waals surface area contributed by atoms with Gasteiger partial charge < -0.3 is 0 Å². The normalized spacial score (nSPS) is 11.2. The summed E-state index contributed by atoms with van der Waals surface area (Å²) in [5.74, 6) is 0.985. The third-order valence-corrected chi connectivity index (χ3v) is 4.41. The third kappa shape index (κ3) is 6.88. The molecule has 128 valence electrons. The molecule has 0 bridgehead atoms.